The number of carbonyl (C=O) groups is 3. The number of benzene rings is 2. The maximum absolute atomic E-state index is 15.1. The van der Waals surface area contributed by atoms with Crippen LogP contribution in [-0.2, 0) is 20.9 Å². The molecule has 0 aliphatic heterocycles. The molecule has 11 heteroatoms. The minimum atomic E-state index is -1.35. The van der Waals surface area contributed by atoms with Gasteiger partial charge in [0.05, 0.1) is 12.6 Å². The van der Waals surface area contributed by atoms with Gasteiger partial charge < -0.3 is 24.6 Å². The molecule has 0 aliphatic carbocycles. The first kappa shape index (κ1) is 38.5. The first-order valence-corrected chi connectivity index (χ1v) is 20.4. The topological polar surface area (TPSA) is 101 Å². The van der Waals surface area contributed by atoms with Crippen molar-refractivity contribution >= 4 is 26.0 Å². The number of halogens is 2. The molecule has 0 saturated heterocycles. The molecule has 262 valence electrons. The Morgan fingerprint density at radius 3 is 2.31 bits per heavy atom. The summed E-state index contributed by atoms with van der Waals surface area (Å²) in [5.74, 6) is -2.17. The van der Waals surface area contributed by atoms with Crippen LogP contribution < -0.4 is 5.32 Å². The molecule has 1 atom stereocenters. The van der Waals surface area contributed by atoms with Crippen molar-refractivity contribution in [3.8, 4) is 11.1 Å². The maximum atomic E-state index is 15.1. The van der Waals surface area contributed by atoms with Crippen LogP contribution in [0.15, 0.2) is 60.8 Å². The van der Waals surface area contributed by atoms with Gasteiger partial charge in [0.25, 0.3) is 0 Å². The zero-order valence-corrected chi connectivity index (χ0v) is 30.2. The molecule has 2 aromatic carbocycles. The summed E-state index contributed by atoms with van der Waals surface area (Å²) in [5.41, 5.74) is 1.85. The van der Waals surface area contributed by atoms with Gasteiger partial charge in [0.15, 0.2) is 0 Å². The Kier molecular flexibility index (Phi) is 14.0. The number of amides is 2. The number of hydrogen-bond acceptors (Lipinski definition) is 4. The molecule has 0 aliphatic rings. The summed E-state index contributed by atoms with van der Waals surface area (Å²) in [5, 5.41) is 11.9. The lowest BCUT2D eigenvalue weighted by Gasteiger charge is -2.41. The quantitative estimate of drug-likeness (QED) is 0.110. The lowest BCUT2D eigenvalue weighted by atomic mass is 9.82. The Morgan fingerprint density at radius 1 is 0.979 bits per heavy atom. The van der Waals surface area contributed by atoms with Crippen molar-refractivity contribution in [3.63, 3.8) is 0 Å². The van der Waals surface area contributed by atoms with E-state index in [4.69, 9.17) is 9.84 Å². The first-order chi connectivity index (χ1) is 22.5. The van der Waals surface area contributed by atoms with Crippen LogP contribution in [0.25, 0.3) is 11.1 Å². The number of carboxylic acid groups (broad SMARTS) is 1. The highest BCUT2D eigenvalue weighted by molar-refractivity contribution is 6.76. The molecule has 0 spiro atoms. The molecule has 2 amide bonds. The van der Waals surface area contributed by atoms with Crippen LogP contribution in [-0.4, -0.2) is 60.3 Å². The molecule has 0 bridgehead atoms. The van der Waals surface area contributed by atoms with Crippen LogP contribution in [0.2, 0.25) is 25.7 Å². The second-order valence-corrected chi connectivity index (χ2v) is 20.2. The average Bonchev–Trinajstić information content (AvgIpc) is 3.39. The third kappa shape index (κ3) is 12.2. The van der Waals surface area contributed by atoms with Crippen LogP contribution in [0, 0.1) is 17.0 Å². The highest BCUT2D eigenvalue weighted by Gasteiger charge is 2.37. The van der Waals surface area contributed by atoms with E-state index in [1.165, 1.54) is 6.07 Å². The number of carbonyl (C=O) groups excluding carboxylic acids is 2. The van der Waals surface area contributed by atoms with E-state index in [1.807, 2.05) is 61.7 Å². The zero-order valence-electron chi connectivity index (χ0n) is 29.2. The second-order valence-electron chi connectivity index (χ2n) is 14.6. The van der Waals surface area contributed by atoms with Crippen LogP contribution in [0.3, 0.4) is 0 Å². The number of unbranched alkanes of at least 4 members (excludes halogenated alkanes) is 1. The molecule has 0 radical (unpaired) electrons. The third-order valence-electron chi connectivity index (χ3n) is 8.06. The predicted molar refractivity (Wildman–Crippen MR) is 187 cm³/mol. The largest absolute Gasteiger partial charge is 0.481 e. The molecule has 48 heavy (non-hydrogen) atoms. The van der Waals surface area contributed by atoms with Gasteiger partial charge in [0, 0.05) is 63.6 Å². The van der Waals surface area contributed by atoms with Gasteiger partial charge in [-0.05, 0) is 60.6 Å². The molecule has 3 aromatic rings. The van der Waals surface area contributed by atoms with Crippen LogP contribution in [0.1, 0.15) is 70.2 Å². The van der Waals surface area contributed by atoms with E-state index in [1.54, 1.807) is 11.1 Å². The van der Waals surface area contributed by atoms with Crippen molar-refractivity contribution in [2.45, 2.75) is 91.1 Å². The minimum Gasteiger partial charge on any atom is -0.481 e. The Labute approximate surface area is 284 Å². The standard InChI is InChI=1S/C37H51F2N3O5Si/c1-37(2,3)35(32-23-28(30-24-29(38)17-18-31(30)39)26-41(32)25-27-13-8-7-9-14-27)42(33(43)15-10-11-16-34(44)45)20-12-19-40-36(46)47-21-22-48(4,5)6/h7-9,13-14,17-18,23-24,26,35H,10-12,15-16,19-22,25H2,1-6H3,(H,40,46)(H,44,45)/t35-/m0/s1. The highest BCUT2D eigenvalue weighted by Crippen LogP contribution is 2.41. The Morgan fingerprint density at radius 2 is 1.67 bits per heavy atom. The fraction of sp³-hybridized carbons (Fsp3) is 0.486. The van der Waals surface area contributed by atoms with Crippen LogP contribution in [0.4, 0.5) is 13.6 Å². The van der Waals surface area contributed by atoms with Crippen molar-refractivity contribution in [3.05, 3.63) is 83.7 Å². The third-order valence-corrected chi connectivity index (χ3v) is 9.76. The summed E-state index contributed by atoms with van der Waals surface area (Å²) < 4.78 is 36.7. The van der Waals surface area contributed by atoms with Gasteiger partial charge in [-0.25, -0.2) is 13.6 Å². The fourth-order valence-electron chi connectivity index (χ4n) is 5.65. The second kappa shape index (κ2) is 17.4. The number of nitrogens with zero attached hydrogens (tertiary/aromatic N) is 2. The molecule has 2 N–H and O–H groups in total. The molecule has 0 saturated carbocycles. The summed E-state index contributed by atoms with van der Waals surface area (Å²) in [6.45, 7) is 14.1. The van der Waals surface area contributed by atoms with E-state index in [2.05, 4.69) is 25.0 Å². The molecule has 3 rings (SSSR count). The van der Waals surface area contributed by atoms with Crippen molar-refractivity contribution in [1.29, 1.82) is 0 Å². The Hall–Kier alpha value is -3.99. The highest BCUT2D eigenvalue weighted by atomic mass is 28.3. The lowest BCUT2D eigenvalue weighted by Crippen LogP contribution is -2.43. The van der Waals surface area contributed by atoms with Gasteiger partial charge in [-0.1, -0.05) is 70.7 Å². The van der Waals surface area contributed by atoms with Crippen molar-refractivity contribution in [1.82, 2.24) is 14.8 Å². The molecule has 1 aromatic heterocycles. The van der Waals surface area contributed by atoms with E-state index < -0.39 is 43.2 Å². The number of rotatable bonds is 17. The molecular formula is C37H51F2N3O5Si. The van der Waals surface area contributed by atoms with Crippen molar-refractivity contribution in [2.24, 2.45) is 5.41 Å². The van der Waals surface area contributed by atoms with E-state index in [9.17, 15) is 18.8 Å². The van der Waals surface area contributed by atoms with Gasteiger partial charge in [-0.15, -0.1) is 0 Å². The predicted octanol–water partition coefficient (Wildman–Crippen LogP) is 8.50. The number of nitrogens with one attached hydrogen (secondary N) is 1. The lowest BCUT2D eigenvalue weighted by molar-refractivity contribution is -0.139. The number of hydrogen-bond donors (Lipinski definition) is 2. The van der Waals surface area contributed by atoms with Crippen LogP contribution in [0.5, 0.6) is 0 Å². The van der Waals surface area contributed by atoms with Crippen LogP contribution >= 0.6 is 0 Å². The molecule has 8 nitrogen and oxygen atoms in total. The maximum Gasteiger partial charge on any atom is 0.407 e. The number of carboxylic acids is 1. The SMILES string of the molecule is CC(C)(C)[C@H](c1cc(-c2cc(F)ccc2F)cn1Cc1ccccc1)N(CCCNC(=O)OCC[Si](C)(C)C)C(=O)CCCCC(=O)O. The van der Waals surface area contributed by atoms with E-state index >= 15 is 4.39 Å². The average molecular weight is 684 g/mol. The smallest absolute Gasteiger partial charge is 0.407 e. The molecule has 1 heterocycles. The van der Waals surface area contributed by atoms with Gasteiger partial charge in [-0.3, -0.25) is 9.59 Å². The van der Waals surface area contributed by atoms with E-state index in [0.29, 0.717) is 44.5 Å². The number of aliphatic carboxylic acids is 1. The van der Waals surface area contributed by atoms with Gasteiger partial charge in [-0.2, -0.15) is 0 Å². The Balaban J connectivity index is 1.97. The van der Waals surface area contributed by atoms with E-state index in [-0.39, 0.29) is 30.9 Å². The molecular weight excluding hydrogens is 633 g/mol. The first-order valence-electron chi connectivity index (χ1n) is 16.7. The number of alkyl carbamates (subject to hydrolysis) is 1. The van der Waals surface area contributed by atoms with Crippen molar-refractivity contribution in [2.75, 3.05) is 19.7 Å². The minimum absolute atomic E-state index is 0.0256. The van der Waals surface area contributed by atoms with Gasteiger partial charge >= 0.3 is 12.1 Å². The summed E-state index contributed by atoms with van der Waals surface area (Å²) >= 11 is 0. The molecule has 0 fully saturated rings. The summed E-state index contributed by atoms with van der Waals surface area (Å²) in [6.07, 6.45) is 2.65. The summed E-state index contributed by atoms with van der Waals surface area (Å²) in [6, 6.07) is 15.3. The summed E-state index contributed by atoms with van der Waals surface area (Å²) in [7, 11) is -1.35. The van der Waals surface area contributed by atoms with E-state index in [0.717, 1.165) is 29.4 Å². The zero-order chi connectivity index (χ0) is 35.5. The van der Waals surface area contributed by atoms with Crippen molar-refractivity contribution < 1.29 is 33.0 Å². The summed E-state index contributed by atoms with van der Waals surface area (Å²) in [4.78, 5) is 39.3. The van der Waals surface area contributed by atoms with Gasteiger partial charge in [0.2, 0.25) is 5.91 Å². The monoisotopic (exact) mass is 683 g/mol. The van der Waals surface area contributed by atoms with Gasteiger partial charge in [0.1, 0.15) is 11.6 Å². The fourth-order valence-corrected chi connectivity index (χ4v) is 6.36. The number of aromatic nitrogens is 1. The Bertz CT molecular complexity index is 1520. The normalized spacial score (nSPS) is 12.4. The molecule has 0 unspecified atom stereocenters. The number of ether oxygens (including phenoxy) is 1.